The number of hydrogen-bond acceptors (Lipinski definition) is 4. The quantitative estimate of drug-likeness (QED) is 0.482. The van der Waals surface area contributed by atoms with E-state index >= 15 is 0 Å². The van der Waals surface area contributed by atoms with Crippen LogP contribution in [0.4, 0.5) is 4.39 Å². The second-order valence-corrected chi connectivity index (χ2v) is 8.53. The van der Waals surface area contributed by atoms with E-state index in [0.717, 1.165) is 0 Å². The number of carbonyl (C=O) groups is 1. The summed E-state index contributed by atoms with van der Waals surface area (Å²) in [5.41, 5.74) is 0.809. The summed E-state index contributed by atoms with van der Waals surface area (Å²) in [7, 11) is 0. The van der Waals surface area contributed by atoms with Crippen molar-refractivity contribution in [3.05, 3.63) is 80.8 Å². The van der Waals surface area contributed by atoms with Gasteiger partial charge in [0.1, 0.15) is 16.6 Å². The SMILES string of the molecule is O=C(c1ccn(COc2cccc(Cl)c2Cl)n1)N1CCN(Cc2c(F)cccc2Cl)CC1. The van der Waals surface area contributed by atoms with Crippen molar-refractivity contribution in [2.45, 2.75) is 13.3 Å². The lowest BCUT2D eigenvalue weighted by molar-refractivity contribution is 0.0619. The van der Waals surface area contributed by atoms with Crippen molar-refractivity contribution in [2.24, 2.45) is 0 Å². The van der Waals surface area contributed by atoms with Crippen LogP contribution in [-0.2, 0) is 13.3 Å². The van der Waals surface area contributed by atoms with E-state index in [-0.39, 0.29) is 18.5 Å². The van der Waals surface area contributed by atoms with E-state index in [2.05, 4.69) is 10.00 Å². The molecule has 1 aliphatic heterocycles. The number of nitrogens with zero attached hydrogens (tertiary/aromatic N) is 4. The second-order valence-electron chi connectivity index (χ2n) is 7.33. The first kappa shape index (κ1) is 22.9. The molecule has 6 nitrogen and oxygen atoms in total. The first-order valence-corrected chi connectivity index (χ1v) is 11.1. The number of ether oxygens (including phenoxy) is 1. The Kier molecular flexibility index (Phi) is 7.20. The van der Waals surface area contributed by atoms with Crippen molar-refractivity contribution in [3.8, 4) is 5.75 Å². The Morgan fingerprint density at radius 3 is 2.47 bits per heavy atom. The summed E-state index contributed by atoms with van der Waals surface area (Å²) in [4.78, 5) is 16.6. The summed E-state index contributed by atoms with van der Waals surface area (Å²) in [5.74, 6) is -0.0374. The average molecular weight is 498 g/mol. The van der Waals surface area contributed by atoms with Crippen molar-refractivity contribution in [1.82, 2.24) is 19.6 Å². The molecule has 2 heterocycles. The highest BCUT2D eigenvalue weighted by Gasteiger charge is 2.24. The standard InChI is InChI=1S/C22H20Cl3FN4O2/c23-16-3-1-5-18(26)15(16)13-28-9-11-29(12-10-28)22(31)19-7-8-30(27-19)14-32-20-6-2-4-17(24)21(20)25/h1-8H,9-14H2. The van der Waals surface area contributed by atoms with E-state index in [0.29, 0.717) is 64.8 Å². The van der Waals surface area contributed by atoms with E-state index in [1.807, 2.05) is 0 Å². The van der Waals surface area contributed by atoms with E-state index < -0.39 is 0 Å². The lowest BCUT2D eigenvalue weighted by Crippen LogP contribution is -2.48. The van der Waals surface area contributed by atoms with Crippen molar-refractivity contribution in [1.29, 1.82) is 0 Å². The topological polar surface area (TPSA) is 50.6 Å². The molecule has 0 aliphatic carbocycles. The lowest BCUT2D eigenvalue weighted by atomic mass is 10.1. The maximum absolute atomic E-state index is 14.0. The van der Waals surface area contributed by atoms with Crippen LogP contribution >= 0.6 is 34.8 Å². The number of piperazine rings is 1. The first-order valence-electron chi connectivity index (χ1n) is 9.97. The van der Waals surface area contributed by atoms with Gasteiger partial charge in [0.2, 0.25) is 0 Å². The highest BCUT2D eigenvalue weighted by atomic mass is 35.5. The van der Waals surface area contributed by atoms with Crippen LogP contribution in [0.2, 0.25) is 15.1 Å². The molecular formula is C22H20Cl3FN4O2. The molecule has 0 atom stereocenters. The van der Waals surface area contributed by atoms with Gasteiger partial charge in [-0.2, -0.15) is 5.10 Å². The van der Waals surface area contributed by atoms with Gasteiger partial charge in [-0.25, -0.2) is 9.07 Å². The molecule has 2 aromatic carbocycles. The normalized spacial score (nSPS) is 14.6. The van der Waals surface area contributed by atoms with Crippen molar-refractivity contribution >= 4 is 40.7 Å². The molecule has 0 N–H and O–H groups in total. The van der Waals surface area contributed by atoms with Gasteiger partial charge in [-0.3, -0.25) is 9.69 Å². The number of carbonyl (C=O) groups excluding carboxylic acids is 1. The Labute approximate surface area is 200 Å². The molecule has 1 saturated heterocycles. The van der Waals surface area contributed by atoms with Crippen LogP contribution in [0.1, 0.15) is 16.1 Å². The minimum Gasteiger partial charge on any atom is -0.470 e. The maximum Gasteiger partial charge on any atom is 0.274 e. The minimum absolute atomic E-state index is 0.0878. The molecule has 0 spiro atoms. The van der Waals surface area contributed by atoms with Gasteiger partial charge in [-0.1, -0.05) is 46.9 Å². The third kappa shape index (κ3) is 5.18. The fourth-order valence-corrected chi connectivity index (χ4v) is 4.03. The largest absolute Gasteiger partial charge is 0.470 e. The first-order chi connectivity index (χ1) is 15.4. The summed E-state index contributed by atoms with van der Waals surface area (Å²) in [5, 5.41) is 5.44. The summed E-state index contributed by atoms with van der Waals surface area (Å²) >= 11 is 18.2. The van der Waals surface area contributed by atoms with Gasteiger partial charge in [-0.15, -0.1) is 0 Å². The second kappa shape index (κ2) is 10.1. The summed E-state index contributed by atoms with van der Waals surface area (Å²) in [6, 6.07) is 11.4. The van der Waals surface area contributed by atoms with Gasteiger partial charge in [0.15, 0.2) is 12.4 Å². The molecule has 10 heteroatoms. The smallest absolute Gasteiger partial charge is 0.274 e. The summed E-state index contributed by atoms with van der Waals surface area (Å²) in [6.45, 7) is 2.77. The predicted octanol–water partition coefficient (Wildman–Crippen LogP) is 4.98. The van der Waals surface area contributed by atoms with Crippen LogP contribution in [0, 0.1) is 5.82 Å². The lowest BCUT2D eigenvalue weighted by Gasteiger charge is -2.34. The molecular weight excluding hydrogens is 478 g/mol. The molecule has 1 aliphatic rings. The Balaban J connectivity index is 1.31. The van der Waals surface area contributed by atoms with Crippen molar-refractivity contribution < 1.29 is 13.9 Å². The Bertz CT molecular complexity index is 1100. The highest BCUT2D eigenvalue weighted by molar-refractivity contribution is 6.42. The molecule has 4 rings (SSSR count). The van der Waals surface area contributed by atoms with Crippen LogP contribution in [0.25, 0.3) is 0 Å². The minimum atomic E-state index is -0.317. The molecule has 1 amide bonds. The average Bonchev–Trinajstić information content (AvgIpc) is 3.26. The monoisotopic (exact) mass is 496 g/mol. The molecule has 168 valence electrons. The third-order valence-corrected chi connectivity index (χ3v) is 6.39. The van der Waals surface area contributed by atoms with Crippen LogP contribution in [0.15, 0.2) is 48.7 Å². The zero-order valence-corrected chi connectivity index (χ0v) is 19.2. The number of amides is 1. The predicted molar refractivity (Wildman–Crippen MR) is 122 cm³/mol. The Hall–Kier alpha value is -2.32. The van der Waals surface area contributed by atoms with E-state index in [4.69, 9.17) is 39.5 Å². The number of halogens is 4. The molecule has 1 aromatic heterocycles. The van der Waals surface area contributed by atoms with Crippen molar-refractivity contribution in [2.75, 3.05) is 26.2 Å². The van der Waals surface area contributed by atoms with Crippen LogP contribution < -0.4 is 4.74 Å². The zero-order valence-electron chi connectivity index (χ0n) is 17.0. The molecule has 0 unspecified atom stereocenters. The number of hydrogen-bond donors (Lipinski definition) is 0. The van der Waals surface area contributed by atoms with Crippen LogP contribution in [0.5, 0.6) is 5.75 Å². The molecule has 3 aromatic rings. The number of benzene rings is 2. The van der Waals surface area contributed by atoms with E-state index in [9.17, 15) is 9.18 Å². The van der Waals surface area contributed by atoms with E-state index in [1.165, 1.54) is 10.7 Å². The summed E-state index contributed by atoms with van der Waals surface area (Å²) in [6.07, 6.45) is 1.67. The van der Waals surface area contributed by atoms with Crippen LogP contribution in [-0.4, -0.2) is 51.7 Å². The maximum atomic E-state index is 14.0. The molecule has 0 saturated carbocycles. The molecule has 32 heavy (non-hydrogen) atoms. The van der Waals surface area contributed by atoms with Gasteiger partial charge in [0.05, 0.1) is 5.02 Å². The van der Waals surface area contributed by atoms with Gasteiger partial charge in [0.25, 0.3) is 5.91 Å². The van der Waals surface area contributed by atoms with Crippen molar-refractivity contribution in [3.63, 3.8) is 0 Å². The van der Waals surface area contributed by atoms with Gasteiger partial charge >= 0.3 is 0 Å². The van der Waals surface area contributed by atoms with Gasteiger partial charge in [0, 0.05) is 49.5 Å². The Morgan fingerprint density at radius 1 is 1.00 bits per heavy atom. The highest BCUT2D eigenvalue weighted by Crippen LogP contribution is 2.31. The fraction of sp³-hybridized carbons (Fsp3) is 0.273. The number of aromatic nitrogens is 2. The molecule has 0 radical (unpaired) electrons. The van der Waals surface area contributed by atoms with Crippen LogP contribution in [0.3, 0.4) is 0 Å². The molecule has 0 bridgehead atoms. The fourth-order valence-electron chi connectivity index (χ4n) is 3.46. The molecule has 1 fully saturated rings. The van der Waals surface area contributed by atoms with Gasteiger partial charge < -0.3 is 9.64 Å². The zero-order chi connectivity index (χ0) is 22.7. The number of rotatable bonds is 6. The van der Waals surface area contributed by atoms with Gasteiger partial charge in [-0.05, 0) is 30.3 Å². The third-order valence-electron chi connectivity index (χ3n) is 5.23. The van der Waals surface area contributed by atoms with E-state index in [1.54, 1.807) is 47.5 Å². The summed E-state index contributed by atoms with van der Waals surface area (Å²) < 4.78 is 21.2. The Morgan fingerprint density at radius 2 is 1.72 bits per heavy atom.